The normalized spacial score (nSPS) is 17.2. The van der Waals surface area contributed by atoms with E-state index in [1.54, 1.807) is 0 Å². The summed E-state index contributed by atoms with van der Waals surface area (Å²) in [6.07, 6.45) is -4.82. The fourth-order valence-electron chi connectivity index (χ4n) is 3.31. The minimum absolute atomic E-state index is 0.0380. The van der Waals surface area contributed by atoms with E-state index in [1.807, 2.05) is 5.32 Å². The number of carbonyl (C=O) groups excluding carboxylic acids is 4. The Morgan fingerprint density at radius 1 is 1.13 bits per heavy atom. The standard InChI is InChI=1S/C17H15F3N4O6/c18-17(19,20)16(28)21-9-3-5-22(6-4-9)13(25)8-23-14(26)11-2-1-10(24(29)30)7-12(11)15(23)27/h1-2,7,9H,3-6,8H2,(H,21,28). The van der Waals surface area contributed by atoms with Crippen molar-refractivity contribution < 1.29 is 37.3 Å². The Kier molecular flexibility index (Phi) is 5.46. The molecule has 1 aromatic rings. The number of likely N-dealkylation sites (tertiary alicyclic amines) is 1. The number of piperidine rings is 1. The fourth-order valence-corrected chi connectivity index (χ4v) is 3.31. The average molecular weight is 428 g/mol. The van der Waals surface area contributed by atoms with Gasteiger partial charge in [-0.2, -0.15) is 13.2 Å². The molecule has 0 radical (unpaired) electrons. The number of nitro benzene ring substituents is 1. The number of nitrogens with one attached hydrogen (secondary N) is 1. The number of imide groups is 1. The van der Waals surface area contributed by atoms with Crippen LogP contribution in [0.25, 0.3) is 0 Å². The first-order chi connectivity index (χ1) is 14.0. The van der Waals surface area contributed by atoms with Crippen LogP contribution >= 0.6 is 0 Å². The third kappa shape index (κ3) is 4.09. The van der Waals surface area contributed by atoms with Crippen LogP contribution in [0.2, 0.25) is 0 Å². The van der Waals surface area contributed by atoms with E-state index < -0.39 is 47.3 Å². The first-order valence-corrected chi connectivity index (χ1v) is 8.79. The van der Waals surface area contributed by atoms with E-state index in [2.05, 4.69) is 0 Å². The summed E-state index contributed by atoms with van der Waals surface area (Å²) in [4.78, 5) is 60.3. The van der Waals surface area contributed by atoms with Gasteiger partial charge in [-0.15, -0.1) is 0 Å². The number of halogens is 3. The molecule has 1 fully saturated rings. The molecule has 0 aromatic heterocycles. The molecular formula is C17H15F3N4O6. The monoisotopic (exact) mass is 428 g/mol. The Hall–Kier alpha value is -3.51. The van der Waals surface area contributed by atoms with Crippen LogP contribution in [0.4, 0.5) is 18.9 Å². The van der Waals surface area contributed by atoms with Crippen molar-refractivity contribution in [3.05, 3.63) is 39.4 Å². The highest BCUT2D eigenvalue weighted by atomic mass is 19.4. The van der Waals surface area contributed by atoms with Gasteiger partial charge in [-0.3, -0.25) is 34.2 Å². The van der Waals surface area contributed by atoms with Crippen LogP contribution in [0.15, 0.2) is 18.2 Å². The van der Waals surface area contributed by atoms with Gasteiger partial charge in [0.1, 0.15) is 6.54 Å². The number of rotatable bonds is 4. The SMILES string of the molecule is O=C(CN1C(=O)c2ccc([N+](=O)[O-])cc2C1=O)N1CCC(NC(=O)C(F)(F)F)CC1. The Morgan fingerprint density at radius 3 is 2.30 bits per heavy atom. The zero-order valence-electron chi connectivity index (χ0n) is 15.3. The maximum absolute atomic E-state index is 12.5. The van der Waals surface area contributed by atoms with Crippen LogP contribution in [0.1, 0.15) is 33.6 Å². The summed E-state index contributed by atoms with van der Waals surface area (Å²) in [7, 11) is 0. The van der Waals surface area contributed by atoms with Crippen LogP contribution in [0, 0.1) is 10.1 Å². The second-order valence-corrected chi connectivity index (χ2v) is 6.81. The molecule has 1 saturated heterocycles. The van der Waals surface area contributed by atoms with Gasteiger partial charge in [0.15, 0.2) is 0 Å². The Bertz CT molecular complexity index is 940. The number of hydrogen-bond acceptors (Lipinski definition) is 6. The summed E-state index contributed by atoms with van der Waals surface area (Å²) in [6.45, 7) is -0.522. The molecule has 3 rings (SSSR count). The zero-order chi connectivity index (χ0) is 22.2. The molecule has 0 aliphatic carbocycles. The highest BCUT2D eigenvalue weighted by molar-refractivity contribution is 6.22. The molecule has 0 bridgehead atoms. The first-order valence-electron chi connectivity index (χ1n) is 8.79. The number of benzene rings is 1. The Balaban J connectivity index is 1.59. The van der Waals surface area contributed by atoms with Crippen molar-refractivity contribution in [2.75, 3.05) is 19.6 Å². The number of nitrogens with zero attached hydrogens (tertiary/aromatic N) is 3. The van der Waals surface area contributed by atoms with Crippen LogP contribution in [0.5, 0.6) is 0 Å². The molecule has 0 unspecified atom stereocenters. The molecule has 30 heavy (non-hydrogen) atoms. The molecule has 10 nitrogen and oxygen atoms in total. The molecule has 2 heterocycles. The van der Waals surface area contributed by atoms with Crippen molar-refractivity contribution >= 4 is 29.3 Å². The number of alkyl halides is 3. The van der Waals surface area contributed by atoms with Crippen molar-refractivity contribution in [2.45, 2.75) is 25.1 Å². The minimum Gasteiger partial charge on any atom is -0.345 e. The molecule has 4 amide bonds. The summed E-state index contributed by atoms with van der Waals surface area (Å²) in [5, 5.41) is 12.7. The van der Waals surface area contributed by atoms with Gasteiger partial charge in [-0.25, -0.2) is 0 Å². The predicted molar refractivity (Wildman–Crippen MR) is 92.3 cm³/mol. The zero-order valence-corrected chi connectivity index (χ0v) is 15.3. The van der Waals surface area contributed by atoms with E-state index in [0.29, 0.717) is 4.90 Å². The van der Waals surface area contributed by atoms with E-state index in [0.717, 1.165) is 18.2 Å². The van der Waals surface area contributed by atoms with Gasteiger partial charge in [0.05, 0.1) is 16.1 Å². The minimum atomic E-state index is -4.99. The van der Waals surface area contributed by atoms with E-state index in [1.165, 1.54) is 4.90 Å². The molecule has 0 spiro atoms. The lowest BCUT2D eigenvalue weighted by atomic mass is 10.0. The summed E-state index contributed by atoms with van der Waals surface area (Å²) in [6, 6.07) is 2.44. The molecule has 0 saturated carbocycles. The quantitative estimate of drug-likeness (QED) is 0.430. The number of hydrogen-bond donors (Lipinski definition) is 1. The lowest BCUT2D eigenvalue weighted by Crippen LogP contribution is -2.51. The molecular weight excluding hydrogens is 413 g/mol. The fraction of sp³-hybridized carbons (Fsp3) is 0.412. The maximum atomic E-state index is 12.5. The first kappa shape index (κ1) is 21.2. The van der Waals surface area contributed by atoms with Crippen LogP contribution in [0.3, 0.4) is 0 Å². The third-order valence-electron chi connectivity index (χ3n) is 4.90. The average Bonchev–Trinajstić information content (AvgIpc) is 2.92. The Morgan fingerprint density at radius 2 is 1.73 bits per heavy atom. The second-order valence-electron chi connectivity index (χ2n) is 6.81. The predicted octanol–water partition coefficient (Wildman–Crippen LogP) is 0.860. The molecule has 0 atom stereocenters. The summed E-state index contributed by atoms with van der Waals surface area (Å²) >= 11 is 0. The lowest BCUT2D eigenvalue weighted by Gasteiger charge is -2.33. The molecule has 1 N–H and O–H groups in total. The van der Waals surface area contributed by atoms with E-state index in [-0.39, 0.29) is 42.7 Å². The van der Waals surface area contributed by atoms with Gasteiger partial charge < -0.3 is 10.2 Å². The molecule has 160 valence electrons. The van der Waals surface area contributed by atoms with Gasteiger partial charge in [0.2, 0.25) is 5.91 Å². The van der Waals surface area contributed by atoms with Crippen molar-refractivity contribution in [2.24, 2.45) is 0 Å². The largest absolute Gasteiger partial charge is 0.471 e. The van der Waals surface area contributed by atoms with Crippen LogP contribution in [-0.4, -0.2) is 70.2 Å². The highest BCUT2D eigenvalue weighted by Gasteiger charge is 2.41. The van der Waals surface area contributed by atoms with Crippen LogP contribution in [-0.2, 0) is 9.59 Å². The van der Waals surface area contributed by atoms with Gasteiger partial charge in [-0.1, -0.05) is 0 Å². The van der Waals surface area contributed by atoms with Crippen molar-refractivity contribution in [3.63, 3.8) is 0 Å². The number of fused-ring (bicyclic) bond motifs is 1. The van der Waals surface area contributed by atoms with Crippen molar-refractivity contribution in [1.82, 2.24) is 15.1 Å². The highest BCUT2D eigenvalue weighted by Crippen LogP contribution is 2.27. The van der Waals surface area contributed by atoms with E-state index in [9.17, 15) is 42.5 Å². The second kappa shape index (κ2) is 7.72. The van der Waals surface area contributed by atoms with Gasteiger partial charge in [-0.05, 0) is 18.9 Å². The topological polar surface area (TPSA) is 130 Å². The smallest absolute Gasteiger partial charge is 0.345 e. The number of nitro groups is 1. The molecule has 2 aliphatic heterocycles. The van der Waals surface area contributed by atoms with E-state index in [4.69, 9.17) is 0 Å². The lowest BCUT2D eigenvalue weighted by molar-refractivity contribution is -0.384. The van der Waals surface area contributed by atoms with Gasteiger partial charge >= 0.3 is 12.1 Å². The maximum Gasteiger partial charge on any atom is 0.471 e. The summed E-state index contributed by atoms with van der Waals surface area (Å²) in [5.41, 5.74) is -0.589. The summed E-state index contributed by atoms with van der Waals surface area (Å²) in [5.74, 6) is -4.24. The van der Waals surface area contributed by atoms with Crippen molar-refractivity contribution in [1.29, 1.82) is 0 Å². The van der Waals surface area contributed by atoms with Crippen LogP contribution < -0.4 is 5.32 Å². The summed E-state index contributed by atoms with van der Waals surface area (Å²) < 4.78 is 36.9. The Labute approximate surface area is 166 Å². The molecule has 13 heteroatoms. The number of non-ortho nitro benzene ring substituents is 1. The molecule has 2 aliphatic rings. The number of carbonyl (C=O) groups is 4. The number of amides is 4. The van der Waals surface area contributed by atoms with E-state index >= 15 is 0 Å². The molecule has 1 aromatic carbocycles. The van der Waals surface area contributed by atoms with Gasteiger partial charge in [0.25, 0.3) is 17.5 Å². The van der Waals surface area contributed by atoms with Crippen molar-refractivity contribution in [3.8, 4) is 0 Å². The van der Waals surface area contributed by atoms with Gasteiger partial charge in [0, 0.05) is 31.3 Å². The third-order valence-corrected chi connectivity index (χ3v) is 4.90.